The van der Waals surface area contributed by atoms with E-state index in [4.69, 9.17) is 4.74 Å². The Bertz CT molecular complexity index is 703. The van der Waals surface area contributed by atoms with Gasteiger partial charge in [-0.1, -0.05) is 26.0 Å². The van der Waals surface area contributed by atoms with Crippen molar-refractivity contribution in [3.8, 4) is 5.75 Å². The molecule has 0 spiro atoms. The summed E-state index contributed by atoms with van der Waals surface area (Å²) in [6.45, 7) is 10.0. The molecule has 0 saturated heterocycles. The number of aliphatic imine (C=N–C) groups is 1. The van der Waals surface area contributed by atoms with Crippen LogP contribution in [0.3, 0.4) is 0 Å². The van der Waals surface area contributed by atoms with E-state index >= 15 is 0 Å². The lowest BCUT2D eigenvalue weighted by molar-refractivity contribution is 0.286. The second kappa shape index (κ2) is 11.8. The molecule has 0 aliphatic carbocycles. The van der Waals surface area contributed by atoms with Crippen molar-refractivity contribution in [1.82, 2.24) is 15.4 Å². The molecule has 0 aliphatic rings. The number of guanidine groups is 1. The Hall–Kier alpha value is -1.80. The molecule has 154 valence electrons. The molecule has 8 heteroatoms. The molecule has 0 atom stereocenters. The van der Waals surface area contributed by atoms with Gasteiger partial charge >= 0.3 is 0 Å². The van der Waals surface area contributed by atoms with E-state index in [9.17, 15) is 8.42 Å². The summed E-state index contributed by atoms with van der Waals surface area (Å²) in [5.74, 6) is 2.17. The number of nitrogens with one attached hydrogen (secondary N) is 3. The lowest BCUT2D eigenvalue weighted by Crippen LogP contribution is -2.41. The smallest absolute Gasteiger partial charge is 0.211 e. The van der Waals surface area contributed by atoms with Crippen molar-refractivity contribution in [3.05, 3.63) is 29.3 Å². The standard InChI is InChI=1S/C19H34N4O3S/c1-6-27(24,25)23-11-10-21-19(20-5)22-14-17-8-7-16(4)13-18(17)26-12-9-15(2)3/h7-8,13,15,23H,6,9-12,14H2,1-5H3,(H2,20,21,22). The van der Waals surface area contributed by atoms with Crippen molar-refractivity contribution in [3.63, 3.8) is 0 Å². The molecule has 27 heavy (non-hydrogen) atoms. The molecular weight excluding hydrogens is 364 g/mol. The number of hydrogen-bond acceptors (Lipinski definition) is 4. The summed E-state index contributed by atoms with van der Waals surface area (Å²) >= 11 is 0. The molecule has 0 aliphatic heterocycles. The van der Waals surface area contributed by atoms with E-state index < -0.39 is 10.0 Å². The minimum atomic E-state index is -3.17. The maximum absolute atomic E-state index is 11.4. The molecule has 0 aromatic heterocycles. The van der Waals surface area contributed by atoms with Crippen LogP contribution in [0.5, 0.6) is 5.75 Å². The van der Waals surface area contributed by atoms with Crippen molar-refractivity contribution in [2.45, 2.75) is 40.7 Å². The fraction of sp³-hybridized carbons (Fsp3) is 0.632. The molecule has 0 bridgehead atoms. The number of sulfonamides is 1. The van der Waals surface area contributed by atoms with Gasteiger partial charge in [-0.05, 0) is 37.8 Å². The third kappa shape index (κ3) is 9.63. The number of nitrogens with zero attached hydrogens (tertiary/aromatic N) is 1. The van der Waals surface area contributed by atoms with Gasteiger partial charge in [-0.2, -0.15) is 0 Å². The van der Waals surface area contributed by atoms with Crippen LogP contribution in [-0.4, -0.2) is 46.9 Å². The van der Waals surface area contributed by atoms with Gasteiger partial charge < -0.3 is 15.4 Å². The summed E-state index contributed by atoms with van der Waals surface area (Å²) in [5, 5.41) is 6.33. The van der Waals surface area contributed by atoms with Gasteiger partial charge in [0.05, 0.1) is 12.4 Å². The molecule has 0 unspecified atom stereocenters. The molecule has 1 aromatic carbocycles. The van der Waals surface area contributed by atoms with Crippen LogP contribution in [0, 0.1) is 12.8 Å². The fourth-order valence-corrected chi connectivity index (χ4v) is 2.85. The lowest BCUT2D eigenvalue weighted by atomic mass is 10.1. The van der Waals surface area contributed by atoms with E-state index in [2.05, 4.69) is 46.3 Å². The summed E-state index contributed by atoms with van der Waals surface area (Å²) in [6.07, 6.45) is 1.01. The van der Waals surface area contributed by atoms with Gasteiger partial charge in [0.15, 0.2) is 5.96 Å². The predicted octanol–water partition coefficient (Wildman–Crippen LogP) is 2.02. The van der Waals surface area contributed by atoms with Gasteiger partial charge in [0.25, 0.3) is 0 Å². The highest BCUT2D eigenvalue weighted by Crippen LogP contribution is 2.21. The van der Waals surface area contributed by atoms with Crippen LogP contribution in [0.15, 0.2) is 23.2 Å². The Balaban J connectivity index is 2.54. The number of hydrogen-bond donors (Lipinski definition) is 3. The van der Waals surface area contributed by atoms with Crippen LogP contribution in [0.25, 0.3) is 0 Å². The number of rotatable bonds is 11. The summed E-state index contributed by atoms with van der Waals surface area (Å²) in [7, 11) is -1.49. The van der Waals surface area contributed by atoms with Gasteiger partial charge in [-0.25, -0.2) is 13.1 Å². The first kappa shape index (κ1) is 23.2. The maximum Gasteiger partial charge on any atom is 0.211 e. The van der Waals surface area contributed by atoms with Crippen LogP contribution in [0.4, 0.5) is 0 Å². The first-order chi connectivity index (χ1) is 12.8. The average molecular weight is 399 g/mol. The van der Waals surface area contributed by atoms with Crippen LogP contribution < -0.4 is 20.1 Å². The quantitative estimate of drug-likeness (QED) is 0.301. The van der Waals surface area contributed by atoms with Crippen molar-refractivity contribution < 1.29 is 13.2 Å². The molecule has 0 saturated carbocycles. The Morgan fingerprint density at radius 2 is 1.96 bits per heavy atom. The molecule has 3 N–H and O–H groups in total. The third-order valence-corrected chi connectivity index (χ3v) is 5.37. The molecule has 1 rings (SSSR count). The van der Waals surface area contributed by atoms with Crippen LogP contribution in [0.2, 0.25) is 0 Å². The molecule has 0 fully saturated rings. The highest BCUT2D eigenvalue weighted by Gasteiger charge is 2.08. The summed E-state index contributed by atoms with van der Waals surface area (Å²) < 4.78 is 31.3. The summed E-state index contributed by atoms with van der Waals surface area (Å²) in [4.78, 5) is 4.17. The minimum Gasteiger partial charge on any atom is -0.493 e. The highest BCUT2D eigenvalue weighted by molar-refractivity contribution is 7.89. The van der Waals surface area contributed by atoms with Gasteiger partial charge in [0.1, 0.15) is 5.75 Å². The number of ether oxygens (including phenoxy) is 1. The monoisotopic (exact) mass is 398 g/mol. The van der Waals surface area contributed by atoms with Gasteiger partial charge in [-0.15, -0.1) is 0 Å². The first-order valence-corrected chi connectivity index (χ1v) is 11.1. The van der Waals surface area contributed by atoms with Crippen molar-refractivity contribution in [1.29, 1.82) is 0 Å². The first-order valence-electron chi connectivity index (χ1n) is 9.41. The van der Waals surface area contributed by atoms with Gasteiger partial charge in [0.2, 0.25) is 10.0 Å². The largest absolute Gasteiger partial charge is 0.493 e. The van der Waals surface area contributed by atoms with E-state index in [0.717, 1.165) is 23.3 Å². The van der Waals surface area contributed by atoms with Crippen LogP contribution in [0.1, 0.15) is 38.3 Å². The van der Waals surface area contributed by atoms with Gasteiger partial charge in [0, 0.05) is 32.2 Å². The average Bonchev–Trinajstić information content (AvgIpc) is 2.62. The van der Waals surface area contributed by atoms with Crippen molar-refractivity contribution in [2.24, 2.45) is 10.9 Å². The normalized spacial score (nSPS) is 12.3. The highest BCUT2D eigenvalue weighted by atomic mass is 32.2. The third-order valence-electron chi connectivity index (χ3n) is 3.96. The molecule has 7 nitrogen and oxygen atoms in total. The number of aryl methyl sites for hydroxylation is 1. The number of benzene rings is 1. The summed E-state index contributed by atoms with van der Waals surface area (Å²) in [5.41, 5.74) is 2.21. The van der Waals surface area contributed by atoms with E-state index in [1.807, 2.05) is 13.0 Å². The Kier molecular flexibility index (Phi) is 10.2. The maximum atomic E-state index is 11.4. The second-order valence-corrected chi connectivity index (χ2v) is 8.89. The van der Waals surface area contributed by atoms with E-state index in [0.29, 0.717) is 38.1 Å². The fourth-order valence-electron chi connectivity index (χ4n) is 2.24. The predicted molar refractivity (Wildman–Crippen MR) is 112 cm³/mol. The van der Waals surface area contributed by atoms with Crippen molar-refractivity contribution in [2.75, 3.05) is 32.5 Å². The molecule has 0 heterocycles. The zero-order valence-corrected chi connectivity index (χ0v) is 17.9. The molecule has 0 amide bonds. The Morgan fingerprint density at radius 1 is 1.22 bits per heavy atom. The zero-order chi connectivity index (χ0) is 20.3. The van der Waals surface area contributed by atoms with Crippen molar-refractivity contribution >= 4 is 16.0 Å². The van der Waals surface area contributed by atoms with E-state index in [1.54, 1.807) is 14.0 Å². The Morgan fingerprint density at radius 3 is 2.59 bits per heavy atom. The van der Waals surface area contributed by atoms with Crippen LogP contribution in [-0.2, 0) is 16.6 Å². The zero-order valence-electron chi connectivity index (χ0n) is 17.1. The SMILES string of the molecule is CCS(=O)(=O)NCCNC(=NC)NCc1ccc(C)cc1OCCC(C)C. The lowest BCUT2D eigenvalue weighted by Gasteiger charge is -2.16. The molecule has 1 aromatic rings. The molecular formula is C19H34N4O3S. The summed E-state index contributed by atoms with van der Waals surface area (Å²) in [6, 6.07) is 6.16. The van der Waals surface area contributed by atoms with Gasteiger partial charge in [-0.3, -0.25) is 4.99 Å². The van der Waals surface area contributed by atoms with Crippen LogP contribution >= 0.6 is 0 Å². The van der Waals surface area contributed by atoms with E-state index in [-0.39, 0.29) is 5.75 Å². The van der Waals surface area contributed by atoms with E-state index in [1.165, 1.54) is 0 Å². The Labute approximate surface area is 164 Å². The minimum absolute atomic E-state index is 0.0764. The topological polar surface area (TPSA) is 91.8 Å². The second-order valence-electron chi connectivity index (χ2n) is 6.79. The molecule has 0 radical (unpaired) electrons.